The van der Waals surface area contributed by atoms with Gasteiger partial charge in [-0.3, -0.25) is 4.79 Å². The molecule has 2 rings (SSSR count). The summed E-state index contributed by atoms with van der Waals surface area (Å²) >= 11 is 0. The minimum atomic E-state index is -0.199. The van der Waals surface area contributed by atoms with Gasteiger partial charge in [0.05, 0.1) is 12.6 Å². The largest absolute Gasteiger partial charge is 0.466 e. The molecule has 0 aliphatic heterocycles. The van der Waals surface area contributed by atoms with Gasteiger partial charge in [0.15, 0.2) is 0 Å². The topological polar surface area (TPSA) is 75.1 Å². The van der Waals surface area contributed by atoms with Crippen LogP contribution in [-0.4, -0.2) is 12.6 Å². The first kappa shape index (κ1) is 15.4. The second kappa shape index (κ2) is 7.70. The zero-order valence-electron chi connectivity index (χ0n) is 12.4. The van der Waals surface area contributed by atoms with E-state index >= 15 is 0 Å². The quantitative estimate of drug-likeness (QED) is 0.325. The maximum absolute atomic E-state index is 11.3. The van der Waals surface area contributed by atoms with Crippen LogP contribution in [0.2, 0.25) is 0 Å². The molecule has 1 aromatic carbocycles. The van der Waals surface area contributed by atoms with E-state index in [4.69, 9.17) is 10.3 Å². The van der Waals surface area contributed by atoms with Crippen LogP contribution < -0.4 is 0 Å². The highest BCUT2D eigenvalue weighted by Gasteiger charge is 2.15. The first-order chi connectivity index (χ1) is 10.2. The Morgan fingerprint density at radius 1 is 1.43 bits per heavy atom. The summed E-state index contributed by atoms with van der Waals surface area (Å²) in [5.74, 6) is -0.189. The number of nitrogens with zero attached hydrogens (tertiary/aromatic N) is 3. The Labute approximate surface area is 124 Å². The number of carbonyl (C=O) groups is 1. The highest BCUT2D eigenvalue weighted by atomic mass is 16.5. The van der Waals surface area contributed by atoms with Crippen LogP contribution in [0.1, 0.15) is 55.3 Å². The fourth-order valence-corrected chi connectivity index (χ4v) is 2.83. The van der Waals surface area contributed by atoms with Gasteiger partial charge in [0.1, 0.15) is 0 Å². The number of esters is 1. The van der Waals surface area contributed by atoms with Gasteiger partial charge in [-0.1, -0.05) is 23.3 Å². The van der Waals surface area contributed by atoms with E-state index < -0.39 is 0 Å². The Hall–Kier alpha value is -2.00. The molecular weight excluding hydrogens is 266 g/mol. The molecule has 1 aliphatic rings. The fraction of sp³-hybridized carbons (Fsp3) is 0.562. The normalized spacial score (nSPS) is 14.1. The number of carbonyl (C=O) groups excluding carboxylic acids is 1. The molecule has 5 nitrogen and oxygen atoms in total. The monoisotopic (exact) mass is 287 g/mol. The van der Waals surface area contributed by atoms with Crippen molar-refractivity contribution in [3.63, 3.8) is 0 Å². The molecule has 0 heterocycles. The smallest absolute Gasteiger partial charge is 0.305 e. The predicted molar refractivity (Wildman–Crippen MR) is 80.8 cm³/mol. The molecular formula is C16H21N3O2. The summed E-state index contributed by atoms with van der Waals surface area (Å²) in [4.78, 5) is 14.3. The molecule has 0 radical (unpaired) electrons. The highest BCUT2D eigenvalue weighted by Crippen LogP contribution is 2.29. The molecule has 0 spiro atoms. The number of fused-ring (bicyclic) bond motifs is 1. The van der Waals surface area contributed by atoms with Crippen LogP contribution in [0.5, 0.6) is 0 Å². The standard InChI is InChI=1S/C16H21N3O2/c1-2-21-16(20)8-4-7-15(18-19-17)14-10-9-12-5-3-6-13(12)11-14/h9-11,15H,2-8H2,1H3. The summed E-state index contributed by atoms with van der Waals surface area (Å²) < 4.78 is 4.91. The molecule has 0 N–H and O–H groups in total. The first-order valence-electron chi connectivity index (χ1n) is 7.56. The minimum absolute atomic E-state index is 0.189. The van der Waals surface area contributed by atoms with E-state index in [0.29, 0.717) is 25.9 Å². The third kappa shape index (κ3) is 4.23. The van der Waals surface area contributed by atoms with Gasteiger partial charge in [0.2, 0.25) is 0 Å². The molecule has 1 aromatic rings. The van der Waals surface area contributed by atoms with Gasteiger partial charge >= 0.3 is 5.97 Å². The molecule has 0 fully saturated rings. The Kier molecular flexibility index (Phi) is 5.64. The second-order valence-electron chi connectivity index (χ2n) is 5.30. The molecule has 21 heavy (non-hydrogen) atoms. The number of ether oxygens (including phenoxy) is 1. The molecule has 1 unspecified atom stereocenters. The van der Waals surface area contributed by atoms with Crippen molar-refractivity contribution in [2.24, 2.45) is 5.11 Å². The van der Waals surface area contributed by atoms with Gasteiger partial charge in [-0.2, -0.15) is 0 Å². The summed E-state index contributed by atoms with van der Waals surface area (Å²) in [6.07, 6.45) is 5.16. The number of rotatable bonds is 7. The van der Waals surface area contributed by atoms with Crippen LogP contribution in [0.15, 0.2) is 23.3 Å². The second-order valence-corrected chi connectivity index (χ2v) is 5.30. The average Bonchev–Trinajstić information content (AvgIpc) is 2.94. The number of hydrogen-bond acceptors (Lipinski definition) is 3. The fourth-order valence-electron chi connectivity index (χ4n) is 2.83. The van der Waals surface area contributed by atoms with E-state index in [1.807, 2.05) is 6.07 Å². The third-order valence-corrected chi connectivity index (χ3v) is 3.86. The van der Waals surface area contributed by atoms with Gasteiger partial charge in [0.25, 0.3) is 0 Å². The van der Waals surface area contributed by atoms with Crippen LogP contribution in [0.3, 0.4) is 0 Å². The summed E-state index contributed by atoms with van der Waals surface area (Å²) in [6, 6.07) is 6.15. The van der Waals surface area contributed by atoms with Gasteiger partial charge in [-0.15, -0.1) is 0 Å². The third-order valence-electron chi connectivity index (χ3n) is 3.86. The van der Waals surface area contributed by atoms with E-state index in [1.165, 1.54) is 17.5 Å². The molecule has 0 aromatic heterocycles. The van der Waals surface area contributed by atoms with Crippen LogP contribution >= 0.6 is 0 Å². The van der Waals surface area contributed by atoms with E-state index in [-0.39, 0.29) is 12.0 Å². The maximum Gasteiger partial charge on any atom is 0.305 e. The lowest BCUT2D eigenvalue weighted by atomic mass is 9.98. The predicted octanol–water partition coefficient (Wildman–Crippen LogP) is 4.26. The zero-order valence-corrected chi connectivity index (χ0v) is 12.4. The lowest BCUT2D eigenvalue weighted by molar-refractivity contribution is -0.143. The van der Waals surface area contributed by atoms with Crippen molar-refractivity contribution in [1.82, 2.24) is 0 Å². The Balaban J connectivity index is 1.98. The lowest BCUT2D eigenvalue weighted by Gasteiger charge is -2.13. The lowest BCUT2D eigenvalue weighted by Crippen LogP contribution is -2.05. The summed E-state index contributed by atoms with van der Waals surface area (Å²) in [5.41, 5.74) is 12.6. The van der Waals surface area contributed by atoms with Crippen LogP contribution in [0, 0.1) is 0 Å². The van der Waals surface area contributed by atoms with Gasteiger partial charge in [-0.25, -0.2) is 0 Å². The zero-order chi connectivity index (χ0) is 15.1. The Morgan fingerprint density at radius 3 is 3.00 bits per heavy atom. The molecule has 0 saturated heterocycles. The average molecular weight is 287 g/mol. The van der Waals surface area contributed by atoms with Crippen LogP contribution in [0.4, 0.5) is 0 Å². The van der Waals surface area contributed by atoms with Gasteiger partial charge < -0.3 is 4.74 Å². The van der Waals surface area contributed by atoms with Crippen LogP contribution in [0.25, 0.3) is 10.4 Å². The number of azide groups is 1. The van der Waals surface area contributed by atoms with Crippen molar-refractivity contribution in [2.75, 3.05) is 6.61 Å². The van der Waals surface area contributed by atoms with Crippen molar-refractivity contribution >= 4 is 5.97 Å². The number of benzene rings is 1. The molecule has 0 bridgehead atoms. The van der Waals surface area contributed by atoms with Gasteiger partial charge in [0, 0.05) is 11.3 Å². The molecule has 1 aliphatic carbocycles. The first-order valence-corrected chi connectivity index (χ1v) is 7.56. The molecule has 112 valence electrons. The van der Waals surface area contributed by atoms with Crippen molar-refractivity contribution in [3.05, 3.63) is 45.3 Å². The van der Waals surface area contributed by atoms with E-state index in [2.05, 4.69) is 22.2 Å². The Morgan fingerprint density at radius 2 is 2.24 bits per heavy atom. The molecule has 0 amide bonds. The SMILES string of the molecule is CCOC(=O)CCCC(N=[N+]=[N-])c1ccc2c(c1)CCC2. The van der Waals surface area contributed by atoms with Crippen molar-refractivity contribution in [3.8, 4) is 0 Å². The maximum atomic E-state index is 11.3. The molecule has 5 heteroatoms. The van der Waals surface area contributed by atoms with Crippen LogP contribution in [-0.2, 0) is 22.4 Å². The van der Waals surface area contributed by atoms with E-state index in [9.17, 15) is 4.79 Å². The van der Waals surface area contributed by atoms with Crippen molar-refractivity contribution in [1.29, 1.82) is 0 Å². The van der Waals surface area contributed by atoms with Gasteiger partial charge in [-0.05, 0) is 61.2 Å². The summed E-state index contributed by atoms with van der Waals surface area (Å²) in [5, 5.41) is 3.89. The Bertz CT molecular complexity index is 550. The van der Waals surface area contributed by atoms with E-state index in [1.54, 1.807) is 6.92 Å². The molecule has 0 saturated carbocycles. The highest BCUT2D eigenvalue weighted by molar-refractivity contribution is 5.69. The molecule has 1 atom stereocenters. The summed E-state index contributed by atoms with van der Waals surface area (Å²) in [7, 11) is 0. The number of aryl methyl sites for hydroxylation is 2. The summed E-state index contributed by atoms with van der Waals surface area (Å²) in [6.45, 7) is 2.20. The minimum Gasteiger partial charge on any atom is -0.466 e. The van der Waals surface area contributed by atoms with Crippen molar-refractivity contribution in [2.45, 2.75) is 51.5 Å². The van der Waals surface area contributed by atoms with Crippen molar-refractivity contribution < 1.29 is 9.53 Å². The number of hydrogen-bond donors (Lipinski definition) is 0. The van der Waals surface area contributed by atoms with E-state index in [0.717, 1.165) is 18.4 Å².